The fourth-order valence-electron chi connectivity index (χ4n) is 2.18. The third-order valence-electron chi connectivity index (χ3n) is 3.17. The average molecular weight is 327 g/mol. The van der Waals surface area contributed by atoms with Crippen LogP contribution in [0, 0.1) is 6.92 Å². The lowest BCUT2D eigenvalue weighted by molar-refractivity contribution is -0.138. The summed E-state index contributed by atoms with van der Waals surface area (Å²) in [6.45, 7) is 2.52. The summed E-state index contributed by atoms with van der Waals surface area (Å²) >= 11 is 3.43. The molecule has 1 unspecified atom stereocenters. The Labute approximate surface area is 119 Å². The Hall–Kier alpha value is -1.56. The number of benzene rings is 1. The van der Waals surface area contributed by atoms with E-state index in [-0.39, 0.29) is 24.9 Å². The van der Waals surface area contributed by atoms with Crippen molar-refractivity contribution >= 4 is 33.5 Å². The van der Waals surface area contributed by atoms with E-state index in [1.807, 2.05) is 30.0 Å². The van der Waals surface area contributed by atoms with Crippen molar-refractivity contribution in [2.45, 2.75) is 19.4 Å². The van der Waals surface area contributed by atoms with Gasteiger partial charge >= 0.3 is 5.97 Å². The van der Waals surface area contributed by atoms with E-state index < -0.39 is 5.97 Å². The van der Waals surface area contributed by atoms with E-state index >= 15 is 0 Å². The van der Waals surface area contributed by atoms with Crippen molar-refractivity contribution in [1.82, 2.24) is 5.32 Å². The monoisotopic (exact) mass is 326 g/mol. The van der Waals surface area contributed by atoms with Crippen LogP contribution in [0.4, 0.5) is 5.69 Å². The van der Waals surface area contributed by atoms with Gasteiger partial charge in [0.05, 0.1) is 19.0 Å². The molecule has 0 aliphatic carbocycles. The minimum Gasteiger partial charge on any atom is -0.481 e. The highest BCUT2D eigenvalue weighted by Crippen LogP contribution is 2.25. The number of rotatable bonds is 3. The van der Waals surface area contributed by atoms with Gasteiger partial charge in [0.1, 0.15) is 0 Å². The van der Waals surface area contributed by atoms with Crippen LogP contribution in [0.3, 0.4) is 0 Å². The lowest BCUT2D eigenvalue weighted by Crippen LogP contribution is -2.55. The SMILES string of the molecule is Cc1cc(N2CC(=O)NCC2CC(=O)O)ccc1Br. The van der Waals surface area contributed by atoms with E-state index in [1.54, 1.807) is 0 Å². The lowest BCUT2D eigenvalue weighted by atomic mass is 10.1. The first-order valence-corrected chi connectivity index (χ1v) is 6.78. The van der Waals surface area contributed by atoms with Crippen LogP contribution in [0.1, 0.15) is 12.0 Å². The number of carbonyl (C=O) groups is 2. The highest BCUT2D eigenvalue weighted by Gasteiger charge is 2.28. The van der Waals surface area contributed by atoms with E-state index in [9.17, 15) is 9.59 Å². The van der Waals surface area contributed by atoms with Gasteiger partial charge in [-0.25, -0.2) is 0 Å². The number of carboxylic acids is 1. The molecule has 1 saturated heterocycles. The number of hydrogen-bond donors (Lipinski definition) is 2. The summed E-state index contributed by atoms with van der Waals surface area (Å²) in [7, 11) is 0. The maximum atomic E-state index is 11.5. The van der Waals surface area contributed by atoms with E-state index in [4.69, 9.17) is 5.11 Å². The predicted molar refractivity (Wildman–Crippen MR) is 75.3 cm³/mol. The van der Waals surface area contributed by atoms with Crippen molar-refractivity contribution in [2.75, 3.05) is 18.0 Å². The van der Waals surface area contributed by atoms with E-state index in [1.165, 1.54) is 0 Å². The zero-order chi connectivity index (χ0) is 14.0. The number of aliphatic carboxylic acids is 1. The lowest BCUT2D eigenvalue weighted by Gasteiger charge is -2.36. The number of nitrogens with one attached hydrogen (secondary N) is 1. The zero-order valence-electron chi connectivity index (χ0n) is 10.5. The summed E-state index contributed by atoms with van der Waals surface area (Å²) in [5.74, 6) is -0.942. The Morgan fingerprint density at radius 2 is 2.32 bits per heavy atom. The summed E-state index contributed by atoms with van der Waals surface area (Å²) in [4.78, 5) is 24.3. The molecule has 5 nitrogen and oxygen atoms in total. The molecule has 6 heteroatoms. The molecule has 0 saturated carbocycles. The fourth-order valence-corrected chi connectivity index (χ4v) is 2.42. The van der Waals surface area contributed by atoms with Crippen LogP contribution in [0.2, 0.25) is 0 Å². The van der Waals surface area contributed by atoms with Crippen LogP contribution in [0.15, 0.2) is 22.7 Å². The first kappa shape index (κ1) is 13.9. The highest BCUT2D eigenvalue weighted by molar-refractivity contribution is 9.10. The molecule has 1 aliphatic heterocycles. The molecular weight excluding hydrogens is 312 g/mol. The smallest absolute Gasteiger partial charge is 0.305 e. The molecule has 1 amide bonds. The number of anilines is 1. The number of halogens is 1. The van der Waals surface area contributed by atoms with Gasteiger partial charge in [0, 0.05) is 16.7 Å². The summed E-state index contributed by atoms with van der Waals surface area (Å²) in [6.07, 6.45) is 0.00932. The topological polar surface area (TPSA) is 69.6 Å². The second-order valence-corrected chi connectivity index (χ2v) is 5.47. The summed E-state index contributed by atoms with van der Waals surface area (Å²) < 4.78 is 0.993. The number of amides is 1. The Balaban J connectivity index is 2.27. The highest BCUT2D eigenvalue weighted by atomic mass is 79.9. The van der Waals surface area contributed by atoms with Gasteiger partial charge in [-0.05, 0) is 30.7 Å². The van der Waals surface area contributed by atoms with Crippen LogP contribution < -0.4 is 10.2 Å². The van der Waals surface area contributed by atoms with E-state index in [0.29, 0.717) is 6.54 Å². The fraction of sp³-hybridized carbons (Fsp3) is 0.385. The Kier molecular flexibility index (Phi) is 4.09. The van der Waals surface area contributed by atoms with Crippen LogP contribution in [-0.2, 0) is 9.59 Å². The van der Waals surface area contributed by atoms with E-state index in [2.05, 4.69) is 21.2 Å². The van der Waals surface area contributed by atoms with Gasteiger partial charge in [-0.2, -0.15) is 0 Å². The van der Waals surface area contributed by atoms with Crippen LogP contribution >= 0.6 is 15.9 Å². The van der Waals surface area contributed by atoms with Crippen LogP contribution in [0.25, 0.3) is 0 Å². The van der Waals surface area contributed by atoms with Crippen molar-refractivity contribution in [2.24, 2.45) is 0 Å². The second kappa shape index (κ2) is 5.61. The molecular formula is C13H15BrN2O3. The summed E-state index contributed by atoms with van der Waals surface area (Å²) in [5.41, 5.74) is 1.93. The number of carbonyl (C=O) groups excluding carboxylic acids is 1. The molecule has 1 aromatic carbocycles. The van der Waals surface area contributed by atoms with Gasteiger partial charge in [0.2, 0.25) is 5.91 Å². The van der Waals surface area contributed by atoms with E-state index in [0.717, 1.165) is 15.7 Å². The van der Waals surface area contributed by atoms with Gasteiger partial charge in [0.15, 0.2) is 0 Å². The molecule has 0 aromatic heterocycles. The van der Waals surface area contributed by atoms with Crippen molar-refractivity contribution < 1.29 is 14.7 Å². The normalized spacial score (nSPS) is 19.2. The van der Waals surface area contributed by atoms with Gasteiger partial charge in [-0.1, -0.05) is 15.9 Å². The van der Waals surface area contributed by atoms with Gasteiger partial charge in [0.25, 0.3) is 0 Å². The summed E-state index contributed by atoms with van der Waals surface area (Å²) in [6, 6.07) is 5.55. The molecule has 1 fully saturated rings. The minimum atomic E-state index is -0.861. The molecule has 2 rings (SSSR count). The standard InChI is InChI=1S/C13H15BrN2O3/c1-8-4-9(2-3-11(8)14)16-7-12(17)15-6-10(16)5-13(18)19/h2-4,10H,5-7H2,1H3,(H,15,17)(H,18,19). The number of piperazine rings is 1. The molecule has 1 aromatic rings. The average Bonchev–Trinajstić information content (AvgIpc) is 2.34. The van der Waals surface area contributed by atoms with Crippen molar-refractivity contribution in [3.63, 3.8) is 0 Å². The molecule has 19 heavy (non-hydrogen) atoms. The molecule has 0 bridgehead atoms. The van der Waals surface area contributed by atoms with Gasteiger partial charge in [-0.3, -0.25) is 9.59 Å². The van der Waals surface area contributed by atoms with Crippen molar-refractivity contribution in [3.05, 3.63) is 28.2 Å². The largest absolute Gasteiger partial charge is 0.481 e. The molecule has 102 valence electrons. The second-order valence-electron chi connectivity index (χ2n) is 4.62. The first-order chi connectivity index (χ1) is 8.97. The minimum absolute atomic E-state index is 0.00932. The third kappa shape index (κ3) is 3.26. The number of aryl methyl sites for hydroxylation is 1. The molecule has 1 aliphatic rings. The maximum absolute atomic E-state index is 11.5. The number of carboxylic acid groups (broad SMARTS) is 1. The summed E-state index contributed by atoms with van der Waals surface area (Å²) in [5, 5.41) is 11.7. The van der Waals surface area contributed by atoms with Gasteiger partial charge < -0.3 is 15.3 Å². The predicted octanol–water partition coefficient (Wildman–Crippen LogP) is 1.54. The Morgan fingerprint density at radius 3 is 2.95 bits per heavy atom. The molecule has 1 heterocycles. The van der Waals surface area contributed by atoms with Crippen molar-refractivity contribution in [1.29, 1.82) is 0 Å². The third-order valence-corrected chi connectivity index (χ3v) is 4.06. The van der Waals surface area contributed by atoms with Crippen LogP contribution in [-0.4, -0.2) is 36.1 Å². The quantitative estimate of drug-likeness (QED) is 0.884. The molecule has 0 spiro atoms. The number of hydrogen-bond acceptors (Lipinski definition) is 3. The number of nitrogens with zero attached hydrogens (tertiary/aromatic N) is 1. The first-order valence-electron chi connectivity index (χ1n) is 5.98. The Bertz CT molecular complexity index is 519. The maximum Gasteiger partial charge on any atom is 0.305 e. The Morgan fingerprint density at radius 1 is 1.58 bits per heavy atom. The van der Waals surface area contributed by atoms with Crippen molar-refractivity contribution in [3.8, 4) is 0 Å². The molecule has 0 radical (unpaired) electrons. The van der Waals surface area contributed by atoms with Crippen LogP contribution in [0.5, 0.6) is 0 Å². The molecule has 2 N–H and O–H groups in total. The van der Waals surface area contributed by atoms with Gasteiger partial charge in [-0.15, -0.1) is 0 Å². The zero-order valence-corrected chi connectivity index (χ0v) is 12.1. The molecule has 1 atom stereocenters.